The molecule has 92 valence electrons. The van der Waals surface area contributed by atoms with E-state index < -0.39 is 20.9 Å². The first-order chi connectivity index (χ1) is 7.96. The molecule has 6 heteroatoms. The van der Waals surface area contributed by atoms with E-state index in [1.807, 2.05) is 0 Å². The van der Waals surface area contributed by atoms with Gasteiger partial charge in [0, 0.05) is 6.54 Å². The number of carbonyl (C=O) groups excluding carboxylic acids is 1. The van der Waals surface area contributed by atoms with Gasteiger partial charge in [-0.2, -0.15) is 8.42 Å². The zero-order valence-electron chi connectivity index (χ0n) is 9.09. The summed E-state index contributed by atoms with van der Waals surface area (Å²) in [5.41, 5.74) is -0.0703. The highest BCUT2D eigenvalue weighted by atomic mass is 32.2. The predicted octanol–water partition coefficient (Wildman–Crippen LogP) is 1.24. The van der Waals surface area contributed by atoms with Crippen molar-refractivity contribution in [3.63, 3.8) is 0 Å². The Morgan fingerprint density at radius 1 is 1.41 bits per heavy atom. The van der Waals surface area contributed by atoms with Crippen LogP contribution in [0.2, 0.25) is 0 Å². The summed E-state index contributed by atoms with van der Waals surface area (Å²) in [7, 11) is -4.39. The Hall–Kier alpha value is -1.66. The van der Waals surface area contributed by atoms with Crippen molar-refractivity contribution in [2.24, 2.45) is 0 Å². The minimum Gasteiger partial charge on any atom is -0.352 e. The van der Waals surface area contributed by atoms with Crippen LogP contribution in [-0.2, 0) is 10.1 Å². The Kier molecular flexibility index (Phi) is 4.42. The van der Waals surface area contributed by atoms with Crippen molar-refractivity contribution < 1.29 is 17.8 Å². The molecule has 0 bridgehead atoms. The highest BCUT2D eigenvalue weighted by Gasteiger charge is 2.19. The van der Waals surface area contributed by atoms with Gasteiger partial charge in [0.1, 0.15) is 4.90 Å². The van der Waals surface area contributed by atoms with E-state index in [4.69, 9.17) is 4.55 Å². The lowest BCUT2D eigenvalue weighted by molar-refractivity contribution is 0.0950. The first-order valence-electron chi connectivity index (χ1n) is 4.92. The van der Waals surface area contributed by atoms with Crippen LogP contribution in [0, 0.1) is 0 Å². The number of amides is 1. The Labute approximate surface area is 99.9 Å². The van der Waals surface area contributed by atoms with Crippen molar-refractivity contribution in [3.8, 4) is 0 Å². The van der Waals surface area contributed by atoms with Crippen LogP contribution in [0.4, 0.5) is 0 Å². The summed E-state index contributed by atoms with van der Waals surface area (Å²) in [4.78, 5) is 11.3. The van der Waals surface area contributed by atoms with E-state index in [1.165, 1.54) is 24.3 Å². The normalized spacial score (nSPS) is 10.9. The second-order valence-corrected chi connectivity index (χ2v) is 4.69. The molecular weight excluding hydrogens is 242 g/mol. The summed E-state index contributed by atoms with van der Waals surface area (Å²) in [6, 6.07) is 5.48. The Balaban J connectivity index is 2.98. The summed E-state index contributed by atoms with van der Waals surface area (Å²) in [5, 5.41) is 2.53. The first kappa shape index (κ1) is 13.4. The lowest BCUT2D eigenvalue weighted by atomic mass is 10.2. The molecule has 1 rings (SSSR count). The zero-order valence-corrected chi connectivity index (χ0v) is 9.90. The SMILES string of the molecule is C=CCCNC(=O)c1ccccc1S(=O)(=O)O. The average molecular weight is 255 g/mol. The van der Waals surface area contributed by atoms with E-state index in [0.29, 0.717) is 13.0 Å². The van der Waals surface area contributed by atoms with Crippen molar-refractivity contribution >= 4 is 16.0 Å². The van der Waals surface area contributed by atoms with E-state index in [1.54, 1.807) is 6.08 Å². The maximum atomic E-state index is 11.7. The Bertz CT molecular complexity index is 522. The van der Waals surface area contributed by atoms with Gasteiger partial charge < -0.3 is 5.32 Å². The summed E-state index contributed by atoms with van der Waals surface area (Å²) < 4.78 is 31.1. The van der Waals surface area contributed by atoms with Crippen LogP contribution in [0.15, 0.2) is 41.8 Å². The number of hydrogen-bond acceptors (Lipinski definition) is 3. The van der Waals surface area contributed by atoms with Crippen molar-refractivity contribution in [2.45, 2.75) is 11.3 Å². The minimum absolute atomic E-state index is 0.0703. The first-order valence-corrected chi connectivity index (χ1v) is 6.36. The topological polar surface area (TPSA) is 83.5 Å². The number of benzene rings is 1. The minimum atomic E-state index is -4.39. The van der Waals surface area contributed by atoms with Crippen molar-refractivity contribution in [2.75, 3.05) is 6.54 Å². The summed E-state index contributed by atoms with van der Waals surface area (Å²) >= 11 is 0. The van der Waals surface area contributed by atoms with Crippen LogP contribution in [0.1, 0.15) is 16.8 Å². The third kappa shape index (κ3) is 3.69. The number of rotatable bonds is 5. The quantitative estimate of drug-likeness (QED) is 0.471. The second kappa shape index (κ2) is 5.60. The van der Waals surface area contributed by atoms with E-state index >= 15 is 0 Å². The van der Waals surface area contributed by atoms with Crippen LogP contribution in [0.3, 0.4) is 0 Å². The molecular formula is C11H13NO4S. The third-order valence-electron chi connectivity index (χ3n) is 2.04. The predicted molar refractivity (Wildman–Crippen MR) is 63.4 cm³/mol. The van der Waals surface area contributed by atoms with Gasteiger partial charge in [0.15, 0.2) is 0 Å². The second-order valence-electron chi connectivity index (χ2n) is 3.30. The molecule has 0 unspecified atom stereocenters. The molecule has 0 spiro atoms. The van der Waals surface area contributed by atoms with Crippen LogP contribution in [0.5, 0.6) is 0 Å². The van der Waals surface area contributed by atoms with Crippen molar-refractivity contribution in [3.05, 3.63) is 42.5 Å². The molecule has 0 aromatic heterocycles. The summed E-state index contributed by atoms with van der Waals surface area (Å²) in [5.74, 6) is -0.542. The Morgan fingerprint density at radius 3 is 2.65 bits per heavy atom. The van der Waals surface area contributed by atoms with Gasteiger partial charge in [-0.1, -0.05) is 18.2 Å². The van der Waals surface area contributed by atoms with Gasteiger partial charge in [-0.25, -0.2) is 0 Å². The van der Waals surface area contributed by atoms with Crippen LogP contribution >= 0.6 is 0 Å². The van der Waals surface area contributed by atoms with Crippen LogP contribution in [-0.4, -0.2) is 25.4 Å². The van der Waals surface area contributed by atoms with Gasteiger partial charge in [-0.15, -0.1) is 6.58 Å². The molecule has 0 saturated heterocycles. The lowest BCUT2D eigenvalue weighted by Gasteiger charge is -2.07. The molecule has 0 atom stereocenters. The highest BCUT2D eigenvalue weighted by Crippen LogP contribution is 2.14. The van der Waals surface area contributed by atoms with Gasteiger partial charge in [0.2, 0.25) is 0 Å². The molecule has 0 radical (unpaired) electrons. The third-order valence-corrected chi connectivity index (χ3v) is 2.96. The van der Waals surface area contributed by atoms with Gasteiger partial charge in [0.25, 0.3) is 16.0 Å². The van der Waals surface area contributed by atoms with Crippen LogP contribution < -0.4 is 5.32 Å². The molecule has 17 heavy (non-hydrogen) atoms. The fraction of sp³-hybridized carbons (Fsp3) is 0.182. The zero-order chi connectivity index (χ0) is 12.9. The Morgan fingerprint density at radius 2 is 2.06 bits per heavy atom. The van der Waals surface area contributed by atoms with Gasteiger partial charge in [-0.3, -0.25) is 9.35 Å². The van der Waals surface area contributed by atoms with Crippen LogP contribution in [0.25, 0.3) is 0 Å². The maximum absolute atomic E-state index is 11.7. The molecule has 5 nitrogen and oxygen atoms in total. The molecule has 0 heterocycles. The van der Waals surface area contributed by atoms with E-state index in [0.717, 1.165) is 0 Å². The molecule has 2 N–H and O–H groups in total. The molecule has 0 aliphatic heterocycles. The summed E-state index contributed by atoms with van der Waals surface area (Å²) in [6.07, 6.45) is 2.22. The molecule has 1 aromatic carbocycles. The summed E-state index contributed by atoms with van der Waals surface area (Å²) in [6.45, 7) is 3.86. The van der Waals surface area contributed by atoms with E-state index in [9.17, 15) is 13.2 Å². The van der Waals surface area contributed by atoms with Gasteiger partial charge >= 0.3 is 0 Å². The molecule has 0 saturated carbocycles. The van der Waals surface area contributed by atoms with Gasteiger partial charge in [0.05, 0.1) is 5.56 Å². The molecule has 0 fully saturated rings. The van der Waals surface area contributed by atoms with E-state index in [-0.39, 0.29) is 5.56 Å². The van der Waals surface area contributed by atoms with E-state index in [2.05, 4.69) is 11.9 Å². The molecule has 0 aliphatic carbocycles. The molecule has 1 aromatic rings. The van der Waals surface area contributed by atoms with Gasteiger partial charge in [-0.05, 0) is 18.6 Å². The van der Waals surface area contributed by atoms with Crippen molar-refractivity contribution in [1.29, 1.82) is 0 Å². The molecule has 0 aliphatic rings. The highest BCUT2D eigenvalue weighted by molar-refractivity contribution is 7.86. The largest absolute Gasteiger partial charge is 0.352 e. The number of hydrogen-bond donors (Lipinski definition) is 2. The fourth-order valence-electron chi connectivity index (χ4n) is 1.26. The number of nitrogens with one attached hydrogen (secondary N) is 1. The molecule has 1 amide bonds. The number of carbonyl (C=O) groups is 1. The average Bonchev–Trinajstić information content (AvgIpc) is 2.28. The monoisotopic (exact) mass is 255 g/mol. The standard InChI is InChI=1S/C11H13NO4S/c1-2-3-8-12-11(13)9-6-4-5-7-10(9)17(14,15)16/h2,4-7H,1,3,8H2,(H,12,13)(H,14,15,16). The lowest BCUT2D eigenvalue weighted by Crippen LogP contribution is -2.25. The smallest absolute Gasteiger partial charge is 0.295 e. The fourth-order valence-corrected chi connectivity index (χ4v) is 1.95. The maximum Gasteiger partial charge on any atom is 0.295 e. The van der Waals surface area contributed by atoms with Crippen molar-refractivity contribution in [1.82, 2.24) is 5.32 Å².